The number of likely N-dealkylation sites (tertiary alicyclic amines) is 1. The number of methoxy groups -OCH3 is 1. The van der Waals surface area contributed by atoms with Crippen LogP contribution in [-0.2, 0) is 4.74 Å². The first kappa shape index (κ1) is 15.3. The molecule has 1 saturated carbocycles. The molecule has 1 heterocycles. The maximum atomic E-state index is 5.71. The minimum Gasteiger partial charge on any atom is -0.377 e. The van der Waals surface area contributed by atoms with Crippen molar-refractivity contribution in [2.45, 2.75) is 64.5 Å². The monoisotopic (exact) mass is 268 g/mol. The lowest BCUT2D eigenvalue weighted by Gasteiger charge is -2.43. The molecule has 0 aromatic heterocycles. The highest BCUT2D eigenvalue weighted by molar-refractivity contribution is 4.90. The first-order valence-electron chi connectivity index (χ1n) is 7.99. The van der Waals surface area contributed by atoms with E-state index in [1.807, 2.05) is 7.11 Å². The fourth-order valence-corrected chi connectivity index (χ4v) is 3.12. The molecule has 1 aliphatic carbocycles. The SMILES string of the molecule is CCC(C)(CNC1CC1)CN1CCCC(C)(OC)C1. The molecule has 2 unspecified atom stereocenters. The van der Waals surface area contributed by atoms with Crippen LogP contribution < -0.4 is 5.32 Å². The molecule has 3 heteroatoms. The number of rotatable bonds is 7. The van der Waals surface area contributed by atoms with E-state index in [0.29, 0.717) is 5.41 Å². The average Bonchev–Trinajstić information content (AvgIpc) is 3.21. The summed E-state index contributed by atoms with van der Waals surface area (Å²) in [6.45, 7) is 11.7. The van der Waals surface area contributed by atoms with E-state index in [1.165, 1.54) is 45.2 Å². The summed E-state index contributed by atoms with van der Waals surface area (Å²) in [5, 5.41) is 3.71. The van der Waals surface area contributed by atoms with Gasteiger partial charge in [0.1, 0.15) is 0 Å². The summed E-state index contributed by atoms with van der Waals surface area (Å²) in [6, 6.07) is 0.816. The Hall–Kier alpha value is -0.120. The second kappa shape index (κ2) is 6.11. The quantitative estimate of drug-likeness (QED) is 0.768. The van der Waals surface area contributed by atoms with E-state index in [2.05, 4.69) is 31.0 Å². The van der Waals surface area contributed by atoms with Crippen LogP contribution in [0.2, 0.25) is 0 Å². The zero-order valence-electron chi connectivity index (χ0n) is 13.3. The van der Waals surface area contributed by atoms with Crippen LogP contribution in [0.25, 0.3) is 0 Å². The highest BCUT2D eigenvalue weighted by Crippen LogP contribution is 2.29. The summed E-state index contributed by atoms with van der Waals surface area (Å²) in [5.74, 6) is 0. The standard InChI is InChI=1S/C16H32N2O/c1-5-15(2,11-17-14-7-8-14)12-18-10-6-9-16(3,13-18)19-4/h14,17H,5-13H2,1-4H3. The normalized spacial score (nSPS) is 32.2. The number of hydrogen-bond donors (Lipinski definition) is 1. The van der Waals surface area contributed by atoms with Gasteiger partial charge in [-0.3, -0.25) is 4.90 Å². The van der Waals surface area contributed by atoms with Crippen molar-refractivity contribution in [1.29, 1.82) is 0 Å². The third kappa shape index (κ3) is 4.44. The smallest absolute Gasteiger partial charge is 0.0777 e. The summed E-state index contributed by atoms with van der Waals surface area (Å²) >= 11 is 0. The summed E-state index contributed by atoms with van der Waals surface area (Å²) < 4.78 is 5.71. The van der Waals surface area contributed by atoms with Crippen LogP contribution in [0.15, 0.2) is 0 Å². The molecule has 0 amide bonds. The zero-order chi connectivity index (χ0) is 13.9. The van der Waals surface area contributed by atoms with Gasteiger partial charge in [-0.05, 0) is 51.0 Å². The van der Waals surface area contributed by atoms with Crippen LogP contribution in [0.5, 0.6) is 0 Å². The zero-order valence-corrected chi connectivity index (χ0v) is 13.3. The molecule has 0 bridgehead atoms. The number of nitrogens with zero attached hydrogens (tertiary/aromatic N) is 1. The molecule has 1 aliphatic heterocycles. The molecule has 112 valence electrons. The molecule has 1 saturated heterocycles. The van der Waals surface area contributed by atoms with E-state index >= 15 is 0 Å². The Bertz CT molecular complexity index is 292. The maximum absolute atomic E-state index is 5.71. The van der Waals surface area contributed by atoms with E-state index in [0.717, 1.165) is 19.1 Å². The molecule has 2 atom stereocenters. The van der Waals surface area contributed by atoms with E-state index in [-0.39, 0.29) is 5.60 Å². The minimum absolute atomic E-state index is 0.0663. The van der Waals surface area contributed by atoms with Crippen molar-refractivity contribution in [2.24, 2.45) is 5.41 Å². The first-order valence-corrected chi connectivity index (χ1v) is 7.99. The largest absolute Gasteiger partial charge is 0.377 e. The highest BCUT2D eigenvalue weighted by Gasteiger charge is 2.35. The van der Waals surface area contributed by atoms with Gasteiger partial charge in [-0.25, -0.2) is 0 Å². The summed E-state index contributed by atoms with van der Waals surface area (Å²) in [6.07, 6.45) is 6.47. The van der Waals surface area contributed by atoms with E-state index in [1.54, 1.807) is 0 Å². The van der Waals surface area contributed by atoms with E-state index < -0.39 is 0 Å². The van der Waals surface area contributed by atoms with Crippen molar-refractivity contribution >= 4 is 0 Å². The van der Waals surface area contributed by atoms with Gasteiger partial charge in [-0.2, -0.15) is 0 Å². The summed E-state index contributed by atoms with van der Waals surface area (Å²) in [4.78, 5) is 2.62. The number of nitrogens with one attached hydrogen (secondary N) is 1. The molecule has 0 aromatic rings. The van der Waals surface area contributed by atoms with Crippen LogP contribution in [0, 0.1) is 5.41 Å². The fraction of sp³-hybridized carbons (Fsp3) is 1.00. The van der Waals surface area contributed by atoms with Crippen molar-refractivity contribution in [3.8, 4) is 0 Å². The minimum atomic E-state index is 0.0663. The van der Waals surface area contributed by atoms with Crippen LogP contribution in [0.1, 0.15) is 52.9 Å². The third-order valence-electron chi connectivity index (χ3n) is 5.08. The molecule has 0 aromatic carbocycles. The molecule has 2 aliphatic rings. The third-order valence-corrected chi connectivity index (χ3v) is 5.08. The van der Waals surface area contributed by atoms with Crippen molar-refractivity contribution in [1.82, 2.24) is 10.2 Å². The maximum Gasteiger partial charge on any atom is 0.0777 e. The molecule has 3 nitrogen and oxygen atoms in total. The first-order chi connectivity index (χ1) is 8.99. The predicted molar refractivity (Wildman–Crippen MR) is 80.5 cm³/mol. The molecule has 0 spiro atoms. The van der Waals surface area contributed by atoms with Crippen LogP contribution in [0.3, 0.4) is 0 Å². The topological polar surface area (TPSA) is 24.5 Å². The van der Waals surface area contributed by atoms with Gasteiger partial charge in [0.15, 0.2) is 0 Å². The lowest BCUT2D eigenvalue weighted by atomic mass is 9.85. The van der Waals surface area contributed by atoms with Gasteiger partial charge in [0, 0.05) is 32.8 Å². The molecular weight excluding hydrogens is 236 g/mol. The second-order valence-electron chi connectivity index (χ2n) is 7.29. The van der Waals surface area contributed by atoms with Crippen molar-refractivity contribution in [3.63, 3.8) is 0 Å². The average molecular weight is 268 g/mol. The Kier molecular flexibility index (Phi) is 4.91. The van der Waals surface area contributed by atoms with Gasteiger partial charge in [0.25, 0.3) is 0 Å². The molecule has 2 fully saturated rings. The lowest BCUT2D eigenvalue weighted by molar-refractivity contribution is -0.0586. The highest BCUT2D eigenvalue weighted by atomic mass is 16.5. The molecular formula is C16H32N2O. The van der Waals surface area contributed by atoms with Crippen LogP contribution >= 0.6 is 0 Å². The Labute approximate surface area is 119 Å². The van der Waals surface area contributed by atoms with Crippen molar-refractivity contribution < 1.29 is 4.74 Å². The van der Waals surface area contributed by atoms with Gasteiger partial charge in [-0.1, -0.05) is 13.8 Å². The molecule has 1 N–H and O–H groups in total. The predicted octanol–water partition coefficient (Wildman–Crippen LogP) is 2.66. The Morgan fingerprint density at radius 1 is 1.42 bits per heavy atom. The van der Waals surface area contributed by atoms with Crippen molar-refractivity contribution in [3.05, 3.63) is 0 Å². The van der Waals surface area contributed by atoms with Gasteiger partial charge in [0.2, 0.25) is 0 Å². The second-order valence-corrected chi connectivity index (χ2v) is 7.29. The summed E-state index contributed by atoms with van der Waals surface area (Å²) in [7, 11) is 1.86. The lowest BCUT2D eigenvalue weighted by Crippen LogP contribution is -2.51. The molecule has 0 radical (unpaired) electrons. The summed E-state index contributed by atoms with van der Waals surface area (Å²) in [5.41, 5.74) is 0.464. The van der Waals surface area contributed by atoms with Crippen molar-refractivity contribution in [2.75, 3.05) is 33.3 Å². The van der Waals surface area contributed by atoms with Gasteiger partial charge < -0.3 is 10.1 Å². The fourth-order valence-electron chi connectivity index (χ4n) is 3.12. The Balaban J connectivity index is 1.85. The van der Waals surface area contributed by atoms with Crippen LogP contribution in [-0.4, -0.2) is 49.8 Å². The van der Waals surface area contributed by atoms with E-state index in [9.17, 15) is 0 Å². The van der Waals surface area contributed by atoms with Gasteiger partial charge in [-0.15, -0.1) is 0 Å². The Morgan fingerprint density at radius 2 is 2.16 bits per heavy atom. The molecule has 2 rings (SSSR count). The van der Waals surface area contributed by atoms with E-state index in [4.69, 9.17) is 4.74 Å². The number of hydrogen-bond acceptors (Lipinski definition) is 3. The Morgan fingerprint density at radius 3 is 2.74 bits per heavy atom. The number of ether oxygens (including phenoxy) is 1. The molecule has 19 heavy (non-hydrogen) atoms. The van der Waals surface area contributed by atoms with Crippen LogP contribution in [0.4, 0.5) is 0 Å². The number of piperidine rings is 1. The van der Waals surface area contributed by atoms with Gasteiger partial charge in [0.05, 0.1) is 5.60 Å². The van der Waals surface area contributed by atoms with Gasteiger partial charge >= 0.3 is 0 Å².